The van der Waals surface area contributed by atoms with Crippen molar-refractivity contribution >= 4 is 23.5 Å². The molecule has 1 aromatic heterocycles. The van der Waals surface area contributed by atoms with Crippen molar-refractivity contribution in [3.63, 3.8) is 0 Å². The molecule has 5 nitrogen and oxygen atoms in total. The second-order valence-electron chi connectivity index (χ2n) is 4.83. The minimum absolute atomic E-state index is 0.250. The number of amides is 1. The van der Waals surface area contributed by atoms with E-state index in [1.165, 1.54) is 6.20 Å². The summed E-state index contributed by atoms with van der Waals surface area (Å²) in [5, 5.41) is 12.2. The monoisotopic (exact) mass is 318 g/mol. The molecule has 6 heteroatoms. The van der Waals surface area contributed by atoms with Crippen molar-refractivity contribution in [2.75, 3.05) is 0 Å². The number of aromatic nitrogens is 1. The van der Waals surface area contributed by atoms with Gasteiger partial charge in [0, 0.05) is 22.5 Å². The highest BCUT2D eigenvalue weighted by molar-refractivity contribution is 6.31. The van der Waals surface area contributed by atoms with Gasteiger partial charge in [-0.25, -0.2) is 0 Å². The first-order valence-corrected chi connectivity index (χ1v) is 7.05. The lowest BCUT2D eigenvalue weighted by atomic mass is 10.0. The van der Waals surface area contributed by atoms with Crippen LogP contribution in [0.5, 0.6) is 0 Å². The second kappa shape index (κ2) is 7.04. The van der Waals surface area contributed by atoms with Gasteiger partial charge < -0.3 is 10.4 Å². The van der Waals surface area contributed by atoms with Crippen molar-refractivity contribution in [3.05, 3.63) is 64.4 Å². The number of carbonyl (C=O) groups excluding carboxylic acids is 1. The Bertz CT molecular complexity index is 703. The average molecular weight is 319 g/mol. The Labute approximate surface area is 133 Å². The quantitative estimate of drug-likeness (QED) is 0.888. The summed E-state index contributed by atoms with van der Waals surface area (Å²) in [5.74, 6) is -1.38. The Morgan fingerprint density at radius 2 is 2.05 bits per heavy atom. The molecule has 1 aromatic carbocycles. The lowest BCUT2D eigenvalue weighted by Crippen LogP contribution is -2.30. The molecule has 2 rings (SSSR count). The zero-order chi connectivity index (χ0) is 16.1. The van der Waals surface area contributed by atoms with Crippen molar-refractivity contribution in [2.24, 2.45) is 0 Å². The predicted molar refractivity (Wildman–Crippen MR) is 82.9 cm³/mol. The summed E-state index contributed by atoms with van der Waals surface area (Å²) >= 11 is 6.10. The fourth-order valence-corrected chi connectivity index (χ4v) is 2.37. The molecule has 0 spiro atoms. The minimum atomic E-state index is -1.02. The smallest absolute Gasteiger partial charge is 0.305 e. The number of pyridine rings is 1. The molecule has 2 N–H and O–H groups in total. The van der Waals surface area contributed by atoms with Gasteiger partial charge in [0.2, 0.25) is 0 Å². The molecule has 114 valence electrons. The number of rotatable bonds is 5. The zero-order valence-electron chi connectivity index (χ0n) is 11.9. The van der Waals surface area contributed by atoms with Gasteiger partial charge in [-0.3, -0.25) is 14.6 Å². The Morgan fingerprint density at radius 1 is 1.32 bits per heavy atom. The highest BCUT2D eigenvalue weighted by Gasteiger charge is 2.21. The molecule has 0 saturated heterocycles. The van der Waals surface area contributed by atoms with E-state index in [0.29, 0.717) is 21.8 Å². The van der Waals surface area contributed by atoms with Gasteiger partial charge >= 0.3 is 5.97 Å². The van der Waals surface area contributed by atoms with Gasteiger partial charge in [0.15, 0.2) is 0 Å². The van der Waals surface area contributed by atoms with E-state index in [1.807, 2.05) is 0 Å². The number of carbonyl (C=O) groups is 2. The van der Waals surface area contributed by atoms with Crippen LogP contribution in [0.1, 0.15) is 34.1 Å². The number of halogens is 1. The normalized spacial score (nSPS) is 11.7. The zero-order valence-corrected chi connectivity index (χ0v) is 12.7. The molecular weight excluding hydrogens is 304 g/mol. The molecule has 1 amide bonds. The molecule has 1 heterocycles. The molecular formula is C16H15ClN2O3. The molecule has 0 fully saturated rings. The topological polar surface area (TPSA) is 79.3 Å². The molecule has 2 aromatic rings. The third-order valence-corrected chi connectivity index (χ3v) is 3.47. The van der Waals surface area contributed by atoms with Crippen LogP contribution in [0.15, 0.2) is 42.6 Å². The average Bonchev–Trinajstić information content (AvgIpc) is 2.46. The highest BCUT2D eigenvalue weighted by Crippen LogP contribution is 2.25. The third kappa shape index (κ3) is 4.05. The Morgan fingerprint density at radius 3 is 2.68 bits per heavy atom. The van der Waals surface area contributed by atoms with Gasteiger partial charge in [-0.15, -0.1) is 0 Å². The number of carboxylic acids is 1. The summed E-state index contributed by atoms with van der Waals surface area (Å²) in [4.78, 5) is 27.4. The number of benzene rings is 1. The van der Waals surface area contributed by atoms with Crippen LogP contribution in [-0.2, 0) is 4.79 Å². The second-order valence-corrected chi connectivity index (χ2v) is 5.24. The molecule has 0 aliphatic carbocycles. The maximum Gasteiger partial charge on any atom is 0.305 e. The maximum atomic E-state index is 12.3. The first-order valence-electron chi connectivity index (χ1n) is 6.67. The first-order chi connectivity index (χ1) is 10.5. The third-order valence-electron chi connectivity index (χ3n) is 3.12. The van der Waals surface area contributed by atoms with Gasteiger partial charge in [-0.2, -0.15) is 0 Å². The number of carboxylic acid groups (broad SMARTS) is 1. The van der Waals surface area contributed by atoms with Gasteiger partial charge in [0.1, 0.15) is 0 Å². The van der Waals surface area contributed by atoms with E-state index in [9.17, 15) is 9.59 Å². The fourth-order valence-electron chi connectivity index (χ4n) is 2.10. The van der Waals surface area contributed by atoms with Crippen LogP contribution in [0.3, 0.4) is 0 Å². The van der Waals surface area contributed by atoms with E-state index in [-0.39, 0.29) is 12.3 Å². The van der Waals surface area contributed by atoms with Crippen molar-refractivity contribution in [3.8, 4) is 0 Å². The summed E-state index contributed by atoms with van der Waals surface area (Å²) in [6.07, 6.45) is 1.28. The summed E-state index contributed by atoms with van der Waals surface area (Å²) in [6, 6.07) is 9.37. The van der Waals surface area contributed by atoms with Gasteiger partial charge in [-0.1, -0.05) is 29.8 Å². The molecule has 0 aliphatic heterocycles. The molecule has 1 unspecified atom stereocenters. The van der Waals surface area contributed by atoms with E-state index in [2.05, 4.69) is 10.3 Å². The molecule has 22 heavy (non-hydrogen) atoms. The Balaban J connectivity index is 2.25. The van der Waals surface area contributed by atoms with Crippen molar-refractivity contribution in [2.45, 2.75) is 19.4 Å². The lowest BCUT2D eigenvalue weighted by molar-refractivity contribution is -0.137. The van der Waals surface area contributed by atoms with Crippen LogP contribution in [0.4, 0.5) is 0 Å². The van der Waals surface area contributed by atoms with Gasteiger partial charge in [0.05, 0.1) is 12.5 Å². The van der Waals surface area contributed by atoms with E-state index < -0.39 is 12.0 Å². The largest absolute Gasteiger partial charge is 0.481 e. The van der Waals surface area contributed by atoms with Gasteiger partial charge in [0.25, 0.3) is 5.91 Å². The van der Waals surface area contributed by atoms with Crippen LogP contribution in [-0.4, -0.2) is 22.0 Å². The number of hydrogen-bond donors (Lipinski definition) is 2. The van der Waals surface area contributed by atoms with Crippen LogP contribution in [0.2, 0.25) is 5.02 Å². The molecule has 0 bridgehead atoms. The number of hydrogen-bond acceptors (Lipinski definition) is 3. The molecule has 0 aliphatic rings. The minimum Gasteiger partial charge on any atom is -0.481 e. The van der Waals surface area contributed by atoms with Crippen LogP contribution >= 0.6 is 11.6 Å². The van der Waals surface area contributed by atoms with Crippen LogP contribution in [0, 0.1) is 6.92 Å². The Hall–Kier alpha value is -2.40. The van der Waals surface area contributed by atoms with Crippen molar-refractivity contribution in [1.29, 1.82) is 0 Å². The van der Waals surface area contributed by atoms with Crippen LogP contribution < -0.4 is 5.32 Å². The van der Waals surface area contributed by atoms with Crippen LogP contribution in [0.25, 0.3) is 0 Å². The van der Waals surface area contributed by atoms with E-state index in [0.717, 1.165) is 0 Å². The van der Waals surface area contributed by atoms with E-state index in [4.69, 9.17) is 16.7 Å². The maximum absolute atomic E-state index is 12.3. The molecule has 1 atom stereocenters. The van der Waals surface area contributed by atoms with E-state index in [1.54, 1.807) is 43.3 Å². The summed E-state index contributed by atoms with van der Waals surface area (Å²) in [6.45, 7) is 1.78. The Kier molecular flexibility index (Phi) is 5.12. The first kappa shape index (κ1) is 16.0. The summed E-state index contributed by atoms with van der Waals surface area (Å²) < 4.78 is 0. The molecule has 0 radical (unpaired) electrons. The van der Waals surface area contributed by atoms with E-state index >= 15 is 0 Å². The number of nitrogens with zero attached hydrogens (tertiary/aromatic N) is 1. The fraction of sp³-hybridized carbons (Fsp3) is 0.188. The van der Waals surface area contributed by atoms with Crippen molar-refractivity contribution in [1.82, 2.24) is 10.3 Å². The predicted octanol–water partition coefficient (Wildman–Crippen LogP) is 2.99. The number of aryl methyl sites for hydroxylation is 1. The summed E-state index contributed by atoms with van der Waals surface area (Å²) in [5.41, 5.74) is 1.71. The highest BCUT2D eigenvalue weighted by atomic mass is 35.5. The molecule has 0 saturated carbocycles. The van der Waals surface area contributed by atoms with Gasteiger partial charge in [-0.05, 0) is 30.7 Å². The standard InChI is InChI=1S/C16H15ClN2O3/c1-10-8-11(6-7-18-10)16(22)19-14(9-15(20)21)12-4-2-3-5-13(12)17/h2-8,14H,9H2,1H3,(H,19,22)(H,20,21). The van der Waals surface area contributed by atoms with Crippen molar-refractivity contribution < 1.29 is 14.7 Å². The SMILES string of the molecule is Cc1cc(C(=O)NC(CC(=O)O)c2ccccc2Cl)ccn1. The lowest BCUT2D eigenvalue weighted by Gasteiger charge is -2.18. The number of nitrogens with one attached hydrogen (secondary N) is 1. The number of aliphatic carboxylic acids is 1. The summed E-state index contributed by atoms with van der Waals surface area (Å²) in [7, 11) is 0.